The predicted molar refractivity (Wildman–Crippen MR) is 115 cm³/mol. The van der Waals surface area contributed by atoms with Crippen LogP contribution in [0.3, 0.4) is 0 Å². The number of benzene rings is 2. The molecule has 0 amide bonds. The van der Waals surface area contributed by atoms with Gasteiger partial charge >= 0.3 is 8.88 Å². The first-order valence-electron chi connectivity index (χ1n) is 9.28. The molecule has 144 valence electrons. The molecule has 0 aromatic heterocycles. The lowest BCUT2D eigenvalue weighted by molar-refractivity contribution is 0.245. The van der Waals surface area contributed by atoms with E-state index >= 15 is 0 Å². The number of aryl methyl sites for hydroxylation is 6. The summed E-state index contributed by atoms with van der Waals surface area (Å²) in [5.41, 5.74) is 9.76. The van der Waals surface area contributed by atoms with Gasteiger partial charge in [-0.25, -0.2) is 0 Å². The van der Waals surface area contributed by atoms with Crippen molar-refractivity contribution in [2.24, 2.45) is 0 Å². The van der Waals surface area contributed by atoms with E-state index < -0.39 is 8.88 Å². The van der Waals surface area contributed by atoms with Crippen LogP contribution >= 0.6 is 0 Å². The van der Waals surface area contributed by atoms with E-state index in [-0.39, 0.29) is 0 Å². The maximum Gasteiger partial charge on any atom is 0.597 e. The SMILES string of the molecule is CO[Si]1(OC)N(c2c(C)cc(C)cc2C)C=CN1c1c(C)cc(C)cc1C. The summed E-state index contributed by atoms with van der Waals surface area (Å²) in [5.74, 6) is 0. The monoisotopic (exact) mass is 382 g/mol. The maximum atomic E-state index is 6.17. The van der Waals surface area contributed by atoms with Crippen molar-refractivity contribution in [3.05, 3.63) is 70.0 Å². The molecule has 3 rings (SSSR count). The number of hydrogen-bond acceptors (Lipinski definition) is 4. The fraction of sp³-hybridized carbons (Fsp3) is 0.364. The molecule has 1 aliphatic rings. The second-order valence-electron chi connectivity index (χ2n) is 7.49. The summed E-state index contributed by atoms with van der Waals surface area (Å²) in [4.78, 5) is 0. The molecule has 27 heavy (non-hydrogen) atoms. The predicted octanol–water partition coefficient (Wildman–Crippen LogP) is 5.06. The van der Waals surface area contributed by atoms with Crippen molar-refractivity contribution in [1.29, 1.82) is 0 Å². The Kier molecular flexibility index (Phi) is 5.21. The summed E-state index contributed by atoms with van der Waals surface area (Å²) in [7, 11) is 0.575. The Morgan fingerprint density at radius 3 is 1.15 bits per heavy atom. The topological polar surface area (TPSA) is 24.9 Å². The van der Waals surface area contributed by atoms with Crippen molar-refractivity contribution in [2.45, 2.75) is 41.5 Å². The summed E-state index contributed by atoms with van der Waals surface area (Å²) in [5, 5.41) is 0. The highest BCUT2D eigenvalue weighted by Crippen LogP contribution is 2.40. The Morgan fingerprint density at radius 2 is 0.889 bits per heavy atom. The third-order valence-corrected chi connectivity index (χ3v) is 8.28. The molecule has 2 aromatic rings. The van der Waals surface area contributed by atoms with Crippen LogP contribution < -0.4 is 9.13 Å². The summed E-state index contributed by atoms with van der Waals surface area (Å²) >= 11 is 0. The zero-order valence-electron chi connectivity index (χ0n) is 17.7. The smallest absolute Gasteiger partial charge is 0.365 e. The molecular formula is C22H30N2O2Si. The molecule has 0 unspecified atom stereocenters. The Labute approximate surface area is 164 Å². The van der Waals surface area contributed by atoms with E-state index in [0.717, 1.165) is 11.4 Å². The lowest BCUT2D eigenvalue weighted by atomic mass is 10.1. The second-order valence-corrected chi connectivity index (χ2v) is 10.4. The van der Waals surface area contributed by atoms with Crippen molar-refractivity contribution < 1.29 is 8.85 Å². The van der Waals surface area contributed by atoms with Gasteiger partial charge in [0.05, 0.1) is 0 Å². The molecule has 0 saturated heterocycles. The van der Waals surface area contributed by atoms with Crippen LogP contribution in [0.5, 0.6) is 0 Å². The van der Waals surface area contributed by atoms with Gasteiger partial charge in [-0.05, 0) is 63.8 Å². The highest BCUT2D eigenvalue weighted by Gasteiger charge is 2.55. The minimum absolute atomic E-state index is 1.16. The first-order chi connectivity index (χ1) is 12.7. The quantitative estimate of drug-likeness (QED) is 0.690. The number of rotatable bonds is 4. The lowest BCUT2D eigenvalue weighted by Crippen LogP contribution is -2.64. The van der Waals surface area contributed by atoms with E-state index in [2.05, 4.69) is 87.3 Å². The van der Waals surface area contributed by atoms with Crippen molar-refractivity contribution in [3.63, 3.8) is 0 Å². The van der Waals surface area contributed by atoms with Gasteiger partial charge < -0.3 is 18.0 Å². The molecule has 0 radical (unpaired) electrons. The molecule has 0 atom stereocenters. The van der Waals surface area contributed by atoms with Gasteiger partial charge in [-0.3, -0.25) is 0 Å². The van der Waals surface area contributed by atoms with Gasteiger partial charge in [-0.1, -0.05) is 35.4 Å². The van der Waals surface area contributed by atoms with E-state index in [1.54, 1.807) is 14.2 Å². The summed E-state index contributed by atoms with van der Waals surface area (Å²) in [6, 6.07) is 8.86. The van der Waals surface area contributed by atoms with Crippen LogP contribution in [-0.2, 0) is 8.85 Å². The molecule has 0 N–H and O–H groups in total. The second kappa shape index (κ2) is 7.15. The lowest BCUT2D eigenvalue weighted by Gasteiger charge is -2.40. The maximum absolute atomic E-state index is 6.17. The van der Waals surface area contributed by atoms with Gasteiger partial charge in [0.2, 0.25) is 0 Å². The Balaban J connectivity index is 2.18. The van der Waals surface area contributed by atoms with E-state index in [0.29, 0.717) is 0 Å². The van der Waals surface area contributed by atoms with Crippen LogP contribution in [0, 0.1) is 41.5 Å². The molecule has 0 aliphatic carbocycles. The summed E-state index contributed by atoms with van der Waals surface area (Å²) < 4.78 is 16.8. The van der Waals surface area contributed by atoms with E-state index in [1.165, 1.54) is 33.4 Å². The van der Waals surface area contributed by atoms with Gasteiger partial charge in [-0.2, -0.15) is 0 Å². The number of nitrogens with zero attached hydrogens (tertiary/aromatic N) is 2. The van der Waals surface area contributed by atoms with E-state index in [4.69, 9.17) is 8.85 Å². The first-order valence-corrected chi connectivity index (χ1v) is 11.0. The van der Waals surface area contributed by atoms with Crippen molar-refractivity contribution in [3.8, 4) is 0 Å². The van der Waals surface area contributed by atoms with Gasteiger partial charge in [0.25, 0.3) is 0 Å². The number of anilines is 2. The van der Waals surface area contributed by atoms with Gasteiger partial charge in [0.15, 0.2) is 0 Å². The molecule has 0 saturated carbocycles. The standard InChI is InChI=1S/C22H30N2O2Si/c1-15-11-17(3)21(18(4)12-15)23-9-10-24(27(23,25-7)26-8)22-19(5)13-16(2)14-20(22)6/h9-14H,1-8H3. The molecule has 1 heterocycles. The molecule has 5 heteroatoms. The summed E-state index contributed by atoms with van der Waals surface area (Å²) in [6.45, 7) is 12.9. The first kappa shape index (κ1) is 19.7. The van der Waals surface area contributed by atoms with Crippen LogP contribution in [0.25, 0.3) is 0 Å². The molecule has 4 nitrogen and oxygen atoms in total. The van der Waals surface area contributed by atoms with E-state index in [1.807, 2.05) is 0 Å². The zero-order chi connectivity index (χ0) is 19.9. The average molecular weight is 383 g/mol. The highest BCUT2D eigenvalue weighted by atomic mass is 28.4. The minimum atomic E-state index is -2.93. The van der Waals surface area contributed by atoms with Crippen LogP contribution in [0.1, 0.15) is 33.4 Å². The van der Waals surface area contributed by atoms with Crippen molar-refractivity contribution in [2.75, 3.05) is 23.4 Å². The minimum Gasteiger partial charge on any atom is -0.365 e. The van der Waals surface area contributed by atoms with Crippen LogP contribution in [-0.4, -0.2) is 23.1 Å². The highest BCUT2D eigenvalue weighted by molar-refractivity contribution is 6.77. The average Bonchev–Trinajstić information content (AvgIpc) is 2.92. The fourth-order valence-electron chi connectivity index (χ4n) is 4.45. The largest absolute Gasteiger partial charge is 0.597 e. The molecule has 0 spiro atoms. The van der Waals surface area contributed by atoms with Crippen molar-refractivity contribution >= 4 is 20.3 Å². The van der Waals surface area contributed by atoms with Gasteiger partial charge in [-0.15, -0.1) is 0 Å². The molecular weight excluding hydrogens is 352 g/mol. The molecule has 2 aromatic carbocycles. The summed E-state index contributed by atoms with van der Waals surface area (Å²) in [6.07, 6.45) is 4.20. The van der Waals surface area contributed by atoms with Gasteiger partial charge in [0, 0.05) is 38.0 Å². The zero-order valence-corrected chi connectivity index (χ0v) is 18.7. The molecule has 1 aliphatic heterocycles. The van der Waals surface area contributed by atoms with Crippen LogP contribution in [0.15, 0.2) is 36.7 Å². The molecule has 0 fully saturated rings. The third kappa shape index (κ3) is 3.10. The van der Waals surface area contributed by atoms with Crippen molar-refractivity contribution in [1.82, 2.24) is 0 Å². The Morgan fingerprint density at radius 1 is 0.593 bits per heavy atom. The number of hydrogen-bond donors (Lipinski definition) is 0. The Bertz CT molecular complexity index is 788. The normalized spacial score (nSPS) is 15.7. The molecule has 0 bridgehead atoms. The van der Waals surface area contributed by atoms with Gasteiger partial charge in [0.1, 0.15) is 0 Å². The Hall–Kier alpha value is -2.08. The van der Waals surface area contributed by atoms with Crippen LogP contribution in [0.4, 0.5) is 11.4 Å². The third-order valence-electron chi connectivity index (χ3n) is 5.26. The fourth-order valence-corrected chi connectivity index (χ4v) is 7.42. The van der Waals surface area contributed by atoms with E-state index in [9.17, 15) is 0 Å². The van der Waals surface area contributed by atoms with Crippen LogP contribution in [0.2, 0.25) is 0 Å².